The minimum atomic E-state index is -0.140. The van der Waals surface area contributed by atoms with Gasteiger partial charge >= 0.3 is 0 Å². The van der Waals surface area contributed by atoms with E-state index in [0.29, 0.717) is 10.7 Å². The molecule has 0 unspecified atom stereocenters. The molecule has 0 aromatic carbocycles. The summed E-state index contributed by atoms with van der Waals surface area (Å²) < 4.78 is 6.75. The Balaban J connectivity index is 1.73. The van der Waals surface area contributed by atoms with Gasteiger partial charge in [0.2, 0.25) is 10.1 Å². The van der Waals surface area contributed by atoms with Gasteiger partial charge in [0.1, 0.15) is 0 Å². The summed E-state index contributed by atoms with van der Waals surface area (Å²) in [5.74, 6) is 0. The van der Waals surface area contributed by atoms with Crippen LogP contribution in [-0.2, 0) is 4.74 Å². The van der Waals surface area contributed by atoms with E-state index in [1.54, 1.807) is 0 Å². The van der Waals surface area contributed by atoms with Crippen molar-refractivity contribution in [2.75, 3.05) is 38.2 Å². The Hall–Kier alpha value is -1.51. The Kier molecular flexibility index (Phi) is 4.16. The van der Waals surface area contributed by atoms with Crippen LogP contribution in [0.3, 0.4) is 0 Å². The molecule has 22 heavy (non-hydrogen) atoms. The number of hydrogen-bond donors (Lipinski definition) is 1. The number of rotatable bonds is 4. The third-order valence-corrected chi connectivity index (χ3v) is 4.78. The molecule has 3 heterocycles. The second-order valence-corrected chi connectivity index (χ2v) is 7.06. The van der Waals surface area contributed by atoms with Gasteiger partial charge in [-0.25, -0.2) is 4.98 Å². The van der Waals surface area contributed by atoms with Gasteiger partial charge < -0.3 is 10.1 Å². The first-order valence-electron chi connectivity index (χ1n) is 7.40. The maximum absolute atomic E-state index is 11.9. The average Bonchev–Trinajstić information content (AvgIpc) is 2.89. The molecule has 7 nitrogen and oxygen atoms in total. The SMILES string of the molecule is Cc1cc(=O)n2nc(NCC(C)(C)N3CCOCC3)sc2n1. The first kappa shape index (κ1) is 15.4. The smallest absolute Gasteiger partial charge is 0.275 e. The van der Waals surface area contributed by atoms with Crippen molar-refractivity contribution in [2.24, 2.45) is 0 Å². The first-order valence-corrected chi connectivity index (χ1v) is 8.21. The van der Waals surface area contributed by atoms with E-state index in [2.05, 4.69) is 34.1 Å². The Morgan fingerprint density at radius 3 is 2.86 bits per heavy atom. The highest BCUT2D eigenvalue weighted by atomic mass is 32.1. The molecule has 120 valence electrons. The molecule has 1 fully saturated rings. The molecule has 0 saturated carbocycles. The van der Waals surface area contributed by atoms with Crippen LogP contribution in [0.2, 0.25) is 0 Å². The lowest BCUT2D eigenvalue weighted by molar-refractivity contribution is -0.00568. The van der Waals surface area contributed by atoms with Gasteiger partial charge in [-0.05, 0) is 20.8 Å². The summed E-state index contributed by atoms with van der Waals surface area (Å²) in [6.07, 6.45) is 0. The van der Waals surface area contributed by atoms with Gasteiger partial charge in [-0.15, -0.1) is 5.10 Å². The predicted octanol–water partition coefficient (Wildman–Crippen LogP) is 0.982. The van der Waals surface area contributed by atoms with Gasteiger partial charge in [0, 0.05) is 36.9 Å². The number of fused-ring (bicyclic) bond motifs is 1. The quantitative estimate of drug-likeness (QED) is 0.904. The number of hydrogen-bond acceptors (Lipinski definition) is 7. The summed E-state index contributed by atoms with van der Waals surface area (Å²) in [6.45, 7) is 10.4. The van der Waals surface area contributed by atoms with Crippen molar-refractivity contribution < 1.29 is 4.74 Å². The molecule has 3 rings (SSSR count). The van der Waals surface area contributed by atoms with Gasteiger partial charge in [-0.3, -0.25) is 9.69 Å². The number of nitrogens with one attached hydrogen (secondary N) is 1. The maximum atomic E-state index is 11.9. The highest BCUT2D eigenvalue weighted by molar-refractivity contribution is 7.20. The minimum absolute atomic E-state index is 0.00403. The largest absolute Gasteiger partial charge is 0.379 e. The van der Waals surface area contributed by atoms with Crippen LogP contribution in [0.15, 0.2) is 10.9 Å². The lowest BCUT2D eigenvalue weighted by Crippen LogP contribution is -2.53. The van der Waals surface area contributed by atoms with Gasteiger partial charge in [-0.1, -0.05) is 11.3 Å². The molecule has 1 aliphatic heterocycles. The third kappa shape index (κ3) is 3.13. The van der Waals surface area contributed by atoms with Crippen molar-refractivity contribution in [3.63, 3.8) is 0 Å². The second kappa shape index (κ2) is 5.94. The molecule has 0 radical (unpaired) electrons. The van der Waals surface area contributed by atoms with Crippen LogP contribution >= 0.6 is 11.3 Å². The normalized spacial score (nSPS) is 17.0. The zero-order valence-electron chi connectivity index (χ0n) is 13.1. The fourth-order valence-electron chi connectivity index (χ4n) is 2.56. The van der Waals surface area contributed by atoms with E-state index in [4.69, 9.17) is 4.74 Å². The van der Waals surface area contributed by atoms with Crippen LogP contribution in [0.4, 0.5) is 5.13 Å². The first-order chi connectivity index (χ1) is 10.5. The molecular weight excluding hydrogens is 302 g/mol. The molecule has 1 N–H and O–H groups in total. The summed E-state index contributed by atoms with van der Waals surface area (Å²) in [5, 5.41) is 8.37. The molecule has 2 aromatic rings. The predicted molar refractivity (Wildman–Crippen MR) is 86.8 cm³/mol. The number of anilines is 1. The highest BCUT2D eigenvalue weighted by Crippen LogP contribution is 2.20. The fraction of sp³-hybridized carbons (Fsp3) is 0.643. The van der Waals surface area contributed by atoms with Crippen LogP contribution in [0.1, 0.15) is 19.5 Å². The summed E-state index contributed by atoms with van der Waals surface area (Å²) >= 11 is 1.40. The van der Waals surface area contributed by atoms with E-state index < -0.39 is 0 Å². The number of aryl methyl sites for hydroxylation is 1. The maximum Gasteiger partial charge on any atom is 0.275 e. The molecule has 0 aliphatic carbocycles. The summed E-state index contributed by atoms with van der Waals surface area (Å²) in [6, 6.07) is 1.49. The van der Waals surface area contributed by atoms with Crippen LogP contribution in [-0.4, -0.2) is 57.9 Å². The Morgan fingerprint density at radius 1 is 1.41 bits per heavy atom. The molecule has 0 atom stereocenters. The van der Waals surface area contributed by atoms with Crippen LogP contribution < -0.4 is 10.9 Å². The van der Waals surface area contributed by atoms with Crippen molar-refractivity contribution in [3.8, 4) is 0 Å². The second-order valence-electron chi connectivity index (χ2n) is 6.10. The highest BCUT2D eigenvalue weighted by Gasteiger charge is 2.28. The summed E-state index contributed by atoms with van der Waals surface area (Å²) in [4.78, 5) is 19.3. The molecule has 2 aromatic heterocycles. The van der Waals surface area contributed by atoms with Crippen molar-refractivity contribution in [1.29, 1.82) is 0 Å². The van der Waals surface area contributed by atoms with Crippen molar-refractivity contribution in [2.45, 2.75) is 26.3 Å². The van der Waals surface area contributed by atoms with E-state index in [-0.39, 0.29) is 11.1 Å². The van der Waals surface area contributed by atoms with Crippen LogP contribution in [0, 0.1) is 6.92 Å². The van der Waals surface area contributed by atoms with Crippen molar-refractivity contribution >= 4 is 21.4 Å². The van der Waals surface area contributed by atoms with E-state index in [1.807, 2.05) is 6.92 Å². The Bertz CT molecular complexity index is 718. The van der Waals surface area contributed by atoms with Crippen LogP contribution in [0.5, 0.6) is 0 Å². The summed E-state index contributed by atoms with van der Waals surface area (Å²) in [5.41, 5.74) is 0.573. The minimum Gasteiger partial charge on any atom is -0.379 e. The third-order valence-electron chi connectivity index (χ3n) is 3.91. The summed E-state index contributed by atoms with van der Waals surface area (Å²) in [7, 11) is 0. The average molecular weight is 323 g/mol. The lowest BCUT2D eigenvalue weighted by Gasteiger charge is -2.40. The van der Waals surface area contributed by atoms with Gasteiger partial charge in [0.25, 0.3) is 5.56 Å². The van der Waals surface area contributed by atoms with Gasteiger partial charge in [0.15, 0.2) is 0 Å². The molecule has 1 aliphatic rings. The zero-order valence-corrected chi connectivity index (χ0v) is 13.9. The van der Waals surface area contributed by atoms with Crippen LogP contribution in [0.25, 0.3) is 4.96 Å². The van der Waals surface area contributed by atoms with E-state index in [9.17, 15) is 4.79 Å². The van der Waals surface area contributed by atoms with E-state index in [0.717, 1.165) is 38.0 Å². The zero-order chi connectivity index (χ0) is 15.7. The Morgan fingerprint density at radius 2 is 2.14 bits per heavy atom. The van der Waals surface area contributed by atoms with E-state index >= 15 is 0 Å². The number of nitrogens with zero attached hydrogens (tertiary/aromatic N) is 4. The lowest BCUT2D eigenvalue weighted by atomic mass is 10.0. The number of morpholine rings is 1. The van der Waals surface area contributed by atoms with E-state index in [1.165, 1.54) is 21.9 Å². The molecule has 0 spiro atoms. The number of ether oxygens (including phenoxy) is 1. The standard InChI is InChI=1S/C14H21N5O2S/c1-10-8-11(20)19-13(16-10)22-12(17-19)15-9-14(2,3)18-4-6-21-7-5-18/h8H,4-7,9H2,1-3H3,(H,15,17). The van der Waals surface area contributed by atoms with Gasteiger partial charge in [-0.2, -0.15) is 4.52 Å². The molecule has 1 saturated heterocycles. The molecule has 0 bridgehead atoms. The monoisotopic (exact) mass is 323 g/mol. The number of aromatic nitrogens is 3. The Labute approximate surface area is 132 Å². The van der Waals surface area contributed by atoms with Gasteiger partial charge in [0.05, 0.1) is 13.2 Å². The van der Waals surface area contributed by atoms with Crippen molar-refractivity contribution in [1.82, 2.24) is 19.5 Å². The molecular formula is C14H21N5O2S. The molecule has 8 heteroatoms. The molecule has 0 amide bonds. The van der Waals surface area contributed by atoms with Crippen molar-refractivity contribution in [3.05, 3.63) is 22.1 Å². The fourth-order valence-corrected chi connectivity index (χ4v) is 3.41. The topological polar surface area (TPSA) is 71.8 Å².